The molecule has 6 nitrogen and oxygen atoms in total. The molecular formula is C26H33N3O3. The molecule has 2 aliphatic rings. The standard InChI is InChI=1S/C26H33N3O3/c1-26(2,3)19-11-13-21(14-12-19)29(25(31)22-17-32-22)23(18-8-7-15-27-16-18)24(30)28-20-9-5-4-6-10-20/h7-8,11-16,20,22-23H,4-6,9-10,17H2,1-3H3,(H,28,30)/t22?,23-/m1/s1. The molecule has 1 saturated carbocycles. The van der Waals surface area contributed by atoms with Gasteiger partial charge in [0.15, 0.2) is 6.10 Å². The number of carbonyl (C=O) groups is 2. The van der Waals surface area contributed by atoms with Crippen LogP contribution in [0.2, 0.25) is 0 Å². The topological polar surface area (TPSA) is 74.8 Å². The maximum atomic E-state index is 13.6. The zero-order valence-electron chi connectivity index (χ0n) is 19.2. The molecule has 1 aromatic heterocycles. The molecule has 170 valence electrons. The highest BCUT2D eigenvalue weighted by Gasteiger charge is 2.42. The van der Waals surface area contributed by atoms with Crippen LogP contribution < -0.4 is 10.2 Å². The average molecular weight is 436 g/mol. The molecule has 1 unspecified atom stereocenters. The average Bonchev–Trinajstić information content (AvgIpc) is 3.63. The molecule has 1 aliphatic heterocycles. The summed E-state index contributed by atoms with van der Waals surface area (Å²) < 4.78 is 5.33. The van der Waals surface area contributed by atoms with Crippen LogP contribution in [0.1, 0.15) is 70.0 Å². The predicted octanol–water partition coefficient (Wildman–Crippen LogP) is 4.30. The van der Waals surface area contributed by atoms with Crippen molar-refractivity contribution >= 4 is 17.5 Å². The van der Waals surface area contributed by atoms with E-state index in [9.17, 15) is 9.59 Å². The number of nitrogens with zero attached hydrogens (tertiary/aromatic N) is 2. The van der Waals surface area contributed by atoms with Crippen molar-refractivity contribution < 1.29 is 14.3 Å². The van der Waals surface area contributed by atoms with Crippen molar-refractivity contribution in [3.63, 3.8) is 0 Å². The van der Waals surface area contributed by atoms with Gasteiger partial charge in [0.05, 0.1) is 6.61 Å². The fourth-order valence-corrected chi connectivity index (χ4v) is 4.35. The first-order valence-corrected chi connectivity index (χ1v) is 11.6. The van der Waals surface area contributed by atoms with Gasteiger partial charge < -0.3 is 10.1 Å². The maximum Gasteiger partial charge on any atom is 0.259 e. The Labute approximate surface area is 190 Å². The summed E-state index contributed by atoms with van der Waals surface area (Å²) in [6, 6.07) is 10.9. The van der Waals surface area contributed by atoms with Gasteiger partial charge in [0.2, 0.25) is 5.91 Å². The van der Waals surface area contributed by atoms with Crippen LogP contribution in [0.25, 0.3) is 0 Å². The van der Waals surface area contributed by atoms with Gasteiger partial charge in [-0.3, -0.25) is 19.5 Å². The summed E-state index contributed by atoms with van der Waals surface area (Å²) in [6.07, 6.45) is 8.25. The summed E-state index contributed by atoms with van der Waals surface area (Å²) in [6.45, 7) is 6.84. The Morgan fingerprint density at radius 1 is 1.09 bits per heavy atom. The lowest BCUT2D eigenvalue weighted by Gasteiger charge is -2.33. The van der Waals surface area contributed by atoms with Crippen LogP contribution in [-0.4, -0.2) is 35.6 Å². The minimum absolute atomic E-state index is 0.00587. The molecule has 2 amide bonds. The van der Waals surface area contributed by atoms with E-state index in [0.29, 0.717) is 17.9 Å². The third-order valence-electron chi connectivity index (χ3n) is 6.32. The summed E-state index contributed by atoms with van der Waals surface area (Å²) in [4.78, 5) is 32.9. The van der Waals surface area contributed by atoms with E-state index in [1.807, 2.05) is 30.3 Å². The highest BCUT2D eigenvalue weighted by molar-refractivity contribution is 6.04. The summed E-state index contributed by atoms with van der Waals surface area (Å²) in [7, 11) is 0. The first-order chi connectivity index (χ1) is 15.3. The number of amides is 2. The SMILES string of the molecule is CC(C)(C)c1ccc(N(C(=O)C2CO2)[C@@H](C(=O)NC2CCCCC2)c2cccnc2)cc1. The number of hydrogen-bond donors (Lipinski definition) is 1. The predicted molar refractivity (Wildman–Crippen MR) is 124 cm³/mol. The number of aromatic nitrogens is 1. The third-order valence-corrected chi connectivity index (χ3v) is 6.32. The Bertz CT molecular complexity index is 927. The summed E-state index contributed by atoms with van der Waals surface area (Å²) in [5, 5.41) is 3.22. The van der Waals surface area contributed by atoms with Gasteiger partial charge in [-0.05, 0) is 42.0 Å². The number of nitrogens with one attached hydrogen (secondary N) is 1. The fourth-order valence-electron chi connectivity index (χ4n) is 4.35. The fraction of sp³-hybridized carbons (Fsp3) is 0.500. The van der Waals surface area contributed by atoms with E-state index < -0.39 is 12.1 Å². The van der Waals surface area contributed by atoms with Gasteiger partial charge in [0, 0.05) is 29.7 Å². The molecule has 1 aliphatic carbocycles. The minimum atomic E-state index is -0.803. The van der Waals surface area contributed by atoms with Crippen LogP contribution in [0.5, 0.6) is 0 Å². The lowest BCUT2D eigenvalue weighted by Crippen LogP contribution is -2.48. The quantitative estimate of drug-likeness (QED) is 0.687. The molecule has 2 atom stereocenters. The van der Waals surface area contributed by atoms with E-state index >= 15 is 0 Å². The zero-order valence-corrected chi connectivity index (χ0v) is 19.2. The largest absolute Gasteiger partial charge is 0.363 e. The van der Waals surface area contributed by atoms with E-state index in [1.54, 1.807) is 23.4 Å². The van der Waals surface area contributed by atoms with E-state index in [-0.39, 0.29) is 23.3 Å². The first-order valence-electron chi connectivity index (χ1n) is 11.6. The van der Waals surface area contributed by atoms with Crippen molar-refractivity contribution in [3.05, 3.63) is 59.9 Å². The minimum Gasteiger partial charge on any atom is -0.363 e. The van der Waals surface area contributed by atoms with Gasteiger partial charge in [-0.2, -0.15) is 0 Å². The van der Waals surface area contributed by atoms with Gasteiger partial charge in [-0.25, -0.2) is 0 Å². The Hall–Kier alpha value is -2.73. The number of hydrogen-bond acceptors (Lipinski definition) is 4. The van der Waals surface area contributed by atoms with Crippen LogP contribution in [0.4, 0.5) is 5.69 Å². The second-order valence-corrected chi connectivity index (χ2v) is 9.86. The number of benzene rings is 1. The molecule has 4 rings (SSSR count). The normalized spacial score (nSPS) is 19.8. The van der Waals surface area contributed by atoms with Crippen LogP contribution in [-0.2, 0) is 19.7 Å². The van der Waals surface area contributed by atoms with Crippen molar-refractivity contribution in [2.24, 2.45) is 0 Å². The van der Waals surface area contributed by atoms with Crippen LogP contribution in [0, 0.1) is 0 Å². The Morgan fingerprint density at radius 2 is 1.78 bits per heavy atom. The summed E-state index contributed by atoms with van der Waals surface area (Å²) in [5.74, 6) is -0.361. The van der Waals surface area contributed by atoms with E-state index in [1.165, 1.54) is 12.0 Å². The molecule has 2 aromatic rings. The van der Waals surface area contributed by atoms with E-state index in [2.05, 4.69) is 31.1 Å². The van der Waals surface area contributed by atoms with Gasteiger partial charge in [0.25, 0.3) is 5.91 Å². The molecule has 0 spiro atoms. The molecule has 2 heterocycles. The number of ether oxygens (including phenoxy) is 1. The van der Waals surface area contributed by atoms with Gasteiger partial charge in [-0.15, -0.1) is 0 Å². The maximum absolute atomic E-state index is 13.6. The highest BCUT2D eigenvalue weighted by Crippen LogP contribution is 2.33. The summed E-state index contributed by atoms with van der Waals surface area (Å²) in [5.41, 5.74) is 2.54. The van der Waals surface area contributed by atoms with Gasteiger partial charge in [0.1, 0.15) is 6.04 Å². The van der Waals surface area contributed by atoms with Crippen molar-refractivity contribution in [2.45, 2.75) is 76.5 Å². The number of epoxide rings is 1. The Kier molecular flexibility index (Phi) is 6.60. The van der Waals surface area contributed by atoms with Crippen LogP contribution in [0.15, 0.2) is 48.8 Å². The molecule has 2 fully saturated rings. The molecule has 6 heteroatoms. The molecule has 0 bridgehead atoms. The Balaban J connectivity index is 1.71. The van der Waals surface area contributed by atoms with Crippen LogP contribution >= 0.6 is 0 Å². The van der Waals surface area contributed by atoms with Crippen LogP contribution in [0.3, 0.4) is 0 Å². The second-order valence-electron chi connectivity index (χ2n) is 9.86. The van der Waals surface area contributed by atoms with E-state index in [0.717, 1.165) is 25.7 Å². The molecule has 1 aromatic carbocycles. The van der Waals surface area contributed by atoms with Crippen molar-refractivity contribution in [2.75, 3.05) is 11.5 Å². The van der Waals surface area contributed by atoms with Gasteiger partial charge in [-0.1, -0.05) is 58.2 Å². The number of rotatable bonds is 6. The molecule has 1 saturated heterocycles. The van der Waals surface area contributed by atoms with Crippen molar-refractivity contribution in [1.82, 2.24) is 10.3 Å². The second kappa shape index (κ2) is 9.41. The highest BCUT2D eigenvalue weighted by atomic mass is 16.6. The third kappa shape index (κ3) is 5.18. The molecule has 1 N–H and O–H groups in total. The van der Waals surface area contributed by atoms with Gasteiger partial charge >= 0.3 is 0 Å². The molecule has 0 radical (unpaired) electrons. The lowest BCUT2D eigenvalue weighted by atomic mass is 9.87. The van der Waals surface area contributed by atoms with Crippen molar-refractivity contribution in [3.8, 4) is 0 Å². The zero-order chi connectivity index (χ0) is 22.7. The number of carbonyl (C=O) groups excluding carboxylic acids is 2. The monoisotopic (exact) mass is 435 g/mol. The molecule has 32 heavy (non-hydrogen) atoms. The number of pyridine rings is 1. The lowest BCUT2D eigenvalue weighted by molar-refractivity contribution is -0.127. The summed E-state index contributed by atoms with van der Waals surface area (Å²) >= 11 is 0. The first kappa shape index (κ1) is 22.5. The van der Waals surface area contributed by atoms with E-state index in [4.69, 9.17) is 4.74 Å². The smallest absolute Gasteiger partial charge is 0.259 e. The molecular weight excluding hydrogens is 402 g/mol. The number of anilines is 1. The van der Waals surface area contributed by atoms with Crippen molar-refractivity contribution in [1.29, 1.82) is 0 Å². The Morgan fingerprint density at radius 3 is 2.34 bits per heavy atom.